The zero-order valence-corrected chi connectivity index (χ0v) is 11.4. The smallest absolute Gasteiger partial charge is 0.243 e. The first-order chi connectivity index (χ1) is 9.17. The van der Waals surface area contributed by atoms with Gasteiger partial charge in [-0.1, -0.05) is 13.0 Å². The van der Waals surface area contributed by atoms with Gasteiger partial charge in [0.25, 0.3) is 0 Å². The molecule has 0 atom stereocenters. The van der Waals surface area contributed by atoms with Crippen molar-refractivity contribution in [1.29, 1.82) is 5.26 Å². The van der Waals surface area contributed by atoms with Gasteiger partial charge in [-0.2, -0.15) is 5.26 Å². The van der Waals surface area contributed by atoms with Crippen molar-refractivity contribution in [3.63, 3.8) is 0 Å². The molecule has 5 nitrogen and oxygen atoms in total. The second-order valence-corrected chi connectivity index (χ2v) is 4.71. The van der Waals surface area contributed by atoms with Crippen molar-refractivity contribution >= 4 is 11.8 Å². The number of hydrogen-bond acceptors (Lipinski definition) is 3. The molecule has 0 saturated carbocycles. The summed E-state index contributed by atoms with van der Waals surface area (Å²) in [5.74, 6) is 0.283. The lowest BCUT2D eigenvalue weighted by Crippen LogP contribution is -2.41. The van der Waals surface area contributed by atoms with Crippen LogP contribution in [0.15, 0.2) is 12.2 Å². The van der Waals surface area contributed by atoms with E-state index in [1.165, 1.54) is 0 Å². The minimum atomic E-state index is -0.0872. The quantitative estimate of drug-likeness (QED) is 0.758. The topological polar surface area (TPSA) is 73.2 Å². The summed E-state index contributed by atoms with van der Waals surface area (Å²) in [5.41, 5.74) is 0. The van der Waals surface area contributed by atoms with Crippen LogP contribution in [0, 0.1) is 17.2 Å². The van der Waals surface area contributed by atoms with Gasteiger partial charge in [-0.25, -0.2) is 0 Å². The lowest BCUT2D eigenvalue weighted by Gasteiger charge is -2.31. The molecule has 19 heavy (non-hydrogen) atoms. The molecule has 1 fully saturated rings. The Morgan fingerprint density at radius 1 is 1.42 bits per heavy atom. The summed E-state index contributed by atoms with van der Waals surface area (Å²) in [6, 6.07) is 1.88. The highest BCUT2D eigenvalue weighted by Crippen LogP contribution is 2.16. The summed E-state index contributed by atoms with van der Waals surface area (Å²) < 4.78 is 0. The van der Waals surface area contributed by atoms with Crippen LogP contribution >= 0.6 is 0 Å². The van der Waals surface area contributed by atoms with E-state index in [0.717, 1.165) is 19.3 Å². The van der Waals surface area contributed by atoms with Crippen molar-refractivity contribution in [2.24, 2.45) is 5.92 Å². The van der Waals surface area contributed by atoms with Gasteiger partial charge in [-0.15, -0.1) is 0 Å². The molecule has 0 spiro atoms. The Morgan fingerprint density at radius 3 is 2.68 bits per heavy atom. The van der Waals surface area contributed by atoms with Gasteiger partial charge in [-0.05, 0) is 31.3 Å². The Balaban J connectivity index is 2.23. The summed E-state index contributed by atoms with van der Waals surface area (Å²) in [6.45, 7) is 4.02. The standard InChI is InChI=1S/C14H21N3O2/c1-2-3-4-13(18)16-11-12-6-9-17(10-7-12)14(19)5-8-15/h3-4,12H,2,5-7,9-11H2,1H3,(H,16,18)/b4-3+. The molecule has 0 aromatic carbocycles. The lowest BCUT2D eigenvalue weighted by molar-refractivity contribution is -0.131. The fourth-order valence-electron chi connectivity index (χ4n) is 2.09. The van der Waals surface area contributed by atoms with Gasteiger partial charge in [0.15, 0.2) is 0 Å². The van der Waals surface area contributed by atoms with E-state index in [9.17, 15) is 9.59 Å². The average Bonchev–Trinajstić information content (AvgIpc) is 2.43. The molecule has 104 valence electrons. The van der Waals surface area contributed by atoms with Gasteiger partial charge in [-0.3, -0.25) is 9.59 Å². The van der Waals surface area contributed by atoms with Crippen molar-refractivity contribution in [3.05, 3.63) is 12.2 Å². The highest BCUT2D eigenvalue weighted by molar-refractivity contribution is 5.87. The van der Waals surface area contributed by atoms with Crippen LogP contribution in [0.5, 0.6) is 0 Å². The van der Waals surface area contributed by atoms with Gasteiger partial charge in [0.1, 0.15) is 6.42 Å². The van der Waals surface area contributed by atoms with Crippen LogP contribution in [0.1, 0.15) is 32.6 Å². The molecule has 1 rings (SSSR count). The van der Waals surface area contributed by atoms with Crippen LogP contribution in [0.3, 0.4) is 0 Å². The SMILES string of the molecule is CC/C=C/C(=O)NCC1CCN(C(=O)CC#N)CC1. The van der Waals surface area contributed by atoms with Crippen LogP contribution in [0.2, 0.25) is 0 Å². The van der Waals surface area contributed by atoms with E-state index in [2.05, 4.69) is 5.32 Å². The zero-order chi connectivity index (χ0) is 14.1. The highest BCUT2D eigenvalue weighted by atomic mass is 16.2. The third-order valence-electron chi connectivity index (χ3n) is 3.27. The van der Waals surface area contributed by atoms with Crippen molar-refractivity contribution in [1.82, 2.24) is 10.2 Å². The van der Waals surface area contributed by atoms with E-state index in [1.807, 2.05) is 19.1 Å². The number of nitriles is 1. The number of carbonyl (C=O) groups excluding carboxylic acids is 2. The van der Waals surface area contributed by atoms with Gasteiger partial charge >= 0.3 is 0 Å². The molecule has 2 amide bonds. The zero-order valence-electron chi connectivity index (χ0n) is 11.4. The average molecular weight is 263 g/mol. The van der Waals surface area contributed by atoms with Gasteiger partial charge in [0.05, 0.1) is 6.07 Å². The largest absolute Gasteiger partial charge is 0.352 e. The van der Waals surface area contributed by atoms with Crippen molar-refractivity contribution < 1.29 is 9.59 Å². The minimum Gasteiger partial charge on any atom is -0.352 e. The lowest BCUT2D eigenvalue weighted by atomic mass is 9.96. The molecule has 1 N–H and O–H groups in total. The van der Waals surface area contributed by atoms with Crippen LogP contribution in [0.4, 0.5) is 0 Å². The molecule has 0 radical (unpaired) electrons. The number of likely N-dealkylation sites (tertiary alicyclic amines) is 1. The number of carbonyl (C=O) groups is 2. The van der Waals surface area contributed by atoms with Crippen LogP contribution in [0.25, 0.3) is 0 Å². The summed E-state index contributed by atoms with van der Waals surface area (Å²) in [4.78, 5) is 24.7. The number of piperidine rings is 1. The molecule has 0 aromatic heterocycles. The molecule has 0 aliphatic carbocycles. The van der Waals surface area contributed by atoms with E-state index in [1.54, 1.807) is 11.0 Å². The number of nitrogens with zero attached hydrogens (tertiary/aromatic N) is 2. The fourth-order valence-corrected chi connectivity index (χ4v) is 2.09. The Hall–Kier alpha value is -1.83. The monoisotopic (exact) mass is 263 g/mol. The van der Waals surface area contributed by atoms with Crippen molar-refractivity contribution in [3.8, 4) is 6.07 Å². The first-order valence-electron chi connectivity index (χ1n) is 6.76. The second-order valence-electron chi connectivity index (χ2n) is 4.71. The summed E-state index contributed by atoms with van der Waals surface area (Å²) in [7, 11) is 0. The molecule has 1 aliphatic heterocycles. The molecule has 0 unspecified atom stereocenters. The Kier molecular flexibility index (Phi) is 6.65. The van der Waals surface area contributed by atoms with E-state index >= 15 is 0 Å². The number of rotatable bonds is 5. The van der Waals surface area contributed by atoms with Gasteiger partial charge in [0, 0.05) is 19.6 Å². The highest BCUT2D eigenvalue weighted by Gasteiger charge is 2.22. The predicted molar refractivity (Wildman–Crippen MR) is 72.0 cm³/mol. The molecule has 0 bridgehead atoms. The van der Waals surface area contributed by atoms with Crippen LogP contribution < -0.4 is 5.32 Å². The molecule has 1 saturated heterocycles. The molecular weight excluding hydrogens is 242 g/mol. The normalized spacial score (nSPS) is 16.3. The number of nitrogens with one attached hydrogen (secondary N) is 1. The maximum atomic E-state index is 11.5. The van der Waals surface area contributed by atoms with Gasteiger partial charge in [0.2, 0.25) is 11.8 Å². The first kappa shape index (κ1) is 15.2. The maximum Gasteiger partial charge on any atom is 0.243 e. The molecule has 0 aromatic rings. The van der Waals surface area contributed by atoms with E-state index < -0.39 is 0 Å². The summed E-state index contributed by atoms with van der Waals surface area (Å²) >= 11 is 0. The molecule has 1 heterocycles. The third kappa shape index (κ3) is 5.56. The summed E-state index contributed by atoms with van der Waals surface area (Å²) in [6.07, 6.45) is 5.98. The maximum absolute atomic E-state index is 11.5. The van der Waals surface area contributed by atoms with Gasteiger partial charge < -0.3 is 10.2 Å². The van der Waals surface area contributed by atoms with Crippen LogP contribution in [-0.4, -0.2) is 36.3 Å². The van der Waals surface area contributed by atoms with Crippen molar-refractivity contribution in [2.75, 3.05) is 19.6 Å². The number of amides is 2. The second kappa shape index (κ2) is 8.30. The molecular formula is C14H21N3O2. The van der Waals surface area contributed by atoms with Crippen LogP contribution in [-0.2, 0) is 9.59 Å². The Morgan fingerprint density at radius 2 is 2.11 bits per heavy atom. The van der Waals surface area contributed by atoms with E-state index in [0.29, 0.717) is 25.6 Å². The summed E-state index contributed by atoms with van der Waals surface area (Å²) in [5, 5.41) is 11.4. The molecule has 1 aliphatic rings. The molecule has 5 heteroatoms. The first-order valence-corrected chi connectivity index (χ1v) is 6.76. The fraction of sp³-hybridized carbons (Fsp3) is 0.643. The Labute approximate surface area is 114 Å². The minimum absolute atomic E-state index is 0.0385. The predicted octanol–water partition coefficient (Wildman–Crippen LogP) is 1.22. The van der Waals surface area contributed by atoms with E-state index in [4.69, 9.17) is 5.26 Å². The third-order valence-corrected chi connectivity index (χ3v) is 3.27. The Bertz CT molecular complexity index is 377. The van der Waals surface area contributed by atoms with Crippen molar-refractivity contribution in [2.45, 2.75) is 32.6 Å². The number of hydrogen-bond donors (Lipinski definition) is 1. The number of allylic oxidation sites excluding steroid dienone is 1. The van der Waals surface area contributed by atoms with E-state index in [-0.39, 0.29) is 18.2 Å².